The first kappa shape index (κ1) is 26.3. The molecule has 194 valence electrons. The van der Waals surface area contributed by atoms with E-state index < -0.39 is 5.97 Å². The molecule has 0 heterocycles. The van der Waals surface area contributed by atoms with E-state index >= 15 is 0 Å². The van der Waals surface area contributed by atoms with Crippen LogP contribution in [0.25, 0.3) is 0 Å². The van der Waals surface area contributed by atoms with Gasteiger partial charge in [-0.1, -0.05) is 66.0 Å². The molecule has 4 aliphatic rings. The van der Waals surface area contributed by atoms with Gasteiger partial charge in [0.25, 0.3) is 0 Å². The van der Waals surface area contributed by atoms with Crippen LogP contribution in [-0.2, 0) is 4.79 Å². The van der Waals surface area contributed by atoms with Crippen LogP contribution in [0.3, 0.4) is 0 Å². The highest BCUT2D eigenvalue weighted by molar-refractivity contribution is 5.66. The molecular weight excluding hydrogens is 416 g/mol. The second-order valence-electron chi connectivity index (χ2n) is 14.1. The Morgan fingerprint density at radius 2 is 1.68 bits per heavy atom. The SMILES string of the molecule is CC(C)CCC[C@@H](C)C1CCC2C3CC[C@H]4C[C@@H](C=CCCC(=O)O)CC[C@]4(C)C3CC[C@@]21C. The molecule has 0 radical (unpaired) electrons. The lowest BCUT2D eigenvalue weighted by Crippen LogP contribution is -2.53. The van der Waals surface area contributed by atoms with Gasteiger partial charge in [0, 0.05) is 6.42 Å². The van der Waals surface area contributed by atoms with Crippen molar-refractivity contribution in [3.8, 4) is 0 Å². The minimum absolute atomic E-state index is 0.269. The molecule has 0 saturated heterocycles. The molecule has 1 N–H and O–H groups in total. The van der Waals surface area contributed by atoms with Crippen molar-refractivity contribution >= 4 is 5.97 Å². The van der Waals surface area contributed by atoms with E-state index in [-0.39, 0.29) is 6.42 Å². The van der Waals surface area contributed by atoms with Crippen molar-refractivity contribution in [3.63, 3.8) is 0 Å². The molecule has 9 atom stereocenters. The van der Waals surface area contributed by atoms with E-state index in [1.807, 2.05) is 0 Å². The Morgan fingerprint density at radius 1 is 0.941 bits per heavy atom. The van der Waals surface area contributed by atoms with Crippen LogP contribution in [-0.4, -0.2) is 11.1 Å². The van der Waals surface area contributed by atoms with Gasteiger partial charge in [-0.2, -0.15) is 0 Å². The molecule has 0 amide bonds. The number of carbonyl (C=O) groups is 1. The zero-order valence-corrected chi connectivity index (χ0v) is 23.0. The maximum atomic E-state index is 10.8. The summed E-state index contributed by atoms with van der Waals surface area (Å²) in [7, 11) is 0. The molecule has 2 heteroatoms. The fraction of sp³-hybridized carbons (Fsp3) is 0.906. The quantitative estimate of drug-likeness (QED) is 0.341. The summed E-state index contributed by atoms with van der Waals surface area (Å²) in [6.45, 7) is 12.7. The smallest absolute Gasteiger partial charge is 0.303 e. The third-order valence-corrected chi connectivity index (χ3v) is 11.8. The van der Waals surface area contributed by atoms with E-state index in [2.05, 4.69) is 46.8 Å². The van der Waals surface area contributed by atoms with Gasteiger partial charge in [-0.05, 0) is 122 Å². The molecular formula is C32H54O2. The Kier molecular flexibility index (Phi) is 8.25. The van der Waals surface area contributed by atoms with Crippen molar-refractivity contribution < 1.29 is 9.90 Å². The Balaban J connectivity index is 1.38. The van der Waals surface area contributed by atoms with Gasteiger partial charge in [0.1, 0.15) is 0 Å². The molecule has 0 bridgehead atoms. The van der Waals surface area contributed by atoms with Crippen LogP contribution < -0.4 is 0 Å². The Bertz CT molecular complexity index is 725. The number of allylic oxidation sites excluding steroid dienone is 2. The largest absolute Gasteiger partial charge is 0.481 e. The third kappa shape index (κ3) is 5.17. The molecule has 0 spiro atoms. The predicted molar refractivity (Wildman–Crippen MR) is 143 cm³/mol. The first-order chi connectivity index (χ1) is 16.1. The Hall–Kier alpha value is -0.790. The summed E-state index contributed by atoms with van der Waals surface area (Å²) in [4.78, 5) is 10.8. The summed E-state index contributed by atoms with van der Waals surface area (Å²) in [5.41, 5.74) is 1.16. The molecule has 4 fully saturated rings. The second-order valence-corrected chi connectivity index (χ2v) is 14.1. The summed E-state index contributed by atoms with van der Waals surface area (Å²) >= 11 is 0. The molecule has 4 unspecified atom stereocenters. The predicted octanol–water partition coefficient (Wildman–Crippen LogP) is 9.14. The van der Waals surface area contributed by atoms with Gasteiger partial charge < -0.3 is 5.11 Å². The molecule has 4 aliphatic carbocycles. The fourth-order valence-electron chi connectivity index (χ4n) is 9.99. The van der Waals surface area contributed by atoms with E-state index in [1.165, 1.54) is 77.0 Å². The molecule has 0 aromatic carbocycles. The van der Waals surface area contributed by atoms with Crippen LogP contribution in [0.5, 0.6) is 0 Å². The summed E-state index contributed by atoms with van der Waals surface area (Å²) in [5.74, 6) is 6.52. The van der Waals surface area contributed by atoms with Crippen LogP contribution >= 0.6 is 0 Å². The van der Waals surface area contributed by atoms with Crippen LogP contribution in [0.4, 0.5) is 0 Å². The van der Waals surface area contributed by atoms with E-state index in [9.17, 15) is 4.79 Å². The summed E-state index contributed by atoms with van der Waals surface area (Å²) in [5, 5.41) is 8.90. The summed E-state index contributed by atoms with van der Waals surface area (Å²) in [6.07, 6.45) is 22.7. The number of carboxylic acid groups (broad SMARTS) is 1. The zero-order valence-electron chi connectivity index (χ0n) is 23.0. The van der Waals surface area contributed by atoms with Gasteiger partial charge in [0.15, 0.2) is 0 Å². The van der Waals surface area contributed by atoms with Crippen molar-refractivity contribution in [1.29, 1.82) is 0 Å². The monoisotopic (exact) mass is 470 g/mol. The highest BCUT2D eigenvalue weighted by Crippen LogP contribution is 2.68. The molecule has 34 heavy (non-hydrogen) atoms. The lowest BCUT2D eigenvalue weighted by molar-refractivity contribution is -0.136. The van der Waals surface area contributed by atoms with Crippen molar-refractivity contribution in [2.75, 3.05) is 0 Å². The van der Waals surface area contributed by atoms with E-state index in [0.29, 0.717) is 23.2 Å². The maximum Gasteiger partial charge on any atom is 0.303 e. The van der Waals surface area contributed by atoms with Gasteiger partial charge in [-0.15, -0.1) is 0 Å². The van der Waals surface area contributed by atoms with Crippen LogP contribution in [0.1, 0.15) is 125 Å². The average molecular weight is 471 g/mol. The van der Waals surface area contributed by atoms with Crippen molar-refractivity contribution in [2.45, 2.75) is 125 Å². The third-order valence-electron chi connectivity index (χ3n) is 11.8. The number of rotatable bonds is 9. The second kappa shape index (κ2) is 10.7. The number of hydrogen-bond donors (Lipinski definition) is 1. The summed E-state index contributed by atoms with van der Waals surface area (Å²) < 4.78 is 0. The highest BCUT2D eigenvalue weighted by Gasteiger charge is 2.60. The van der Waals surface area contributed by atoms with Crippen LogP contribution in [0.2, 0.25) is 0 Å². The maximum absolute atomic E-state index is 10.8. The minimum Gasteiger partial charge on any atom is -0.481 e. The van der Waals surface area contributed by atoms with Crippen molar-refractivity contribution in [1.82, 2.24) is 0 Å². The first-order valence-electron chi connectivity index (χ1n) is 15.0. The molecule has 0 aromatic rings. The van der Waals surface area contributed by atoms with Crippen LogP contribution in [0.15, 0.2) is 12.2 Å². The lowest BCUT2D eigenvalue weighted by Gasteiger charge is -2.61. The van der Waals surface area contributed by atoms with Gasteiger partial charge in [0.05, 0.1) is 0 Å². The molecule has 4 rings (SSSR count). The minimum atomic E-state index is -0.678. The number of fused-ring (bicyclic) bond motifs is 5. The van der Waals surface area contributed by atoms with Gasteiger partial charge >= 0.3 is 5.97 Å². The lowest BCUT2D eigenvalue weighted by atomic mass is 9.44. The van der Waals surface area contributed by atoms with Gasteiger partial charge in [-0.3, -0.25) is 4.79 Å². The molecule has 4 saturated carbocycles. The van der Waals surface area contributed by atoms with E-state index in [4.69, 9.17) is 5.11 Å². The molecule has 0 aromatic heterocycles. The first-order valence-corrected chi connectivity index (χ1v) is 15.0. The van der Waals surface area contributed by atoms with Gasteiger partial charge in [0.2, 0.25) is 0 Å². The van der Waals surface area contributed by atoms with Crippen LogP contribution in [0, 0.1) is 58.2 Å². The van der Waals surface area contributed by atoms with Gasteiger partial charge in [-0.25, -0.2) is 0 Å². The number of aliphatic carboxylic acids is 1. The molecule has 0 aliphatic heterocycles. The zero-order chi connectivity index (χ0) is 24.5. The Labute approximate surface area is 210 Å². The van der Waals surface area contributed by atoms with E-state index in [0.717, 1.165) is 41.4 Å². The number of hydrogen-bond acceptors (Lipinski definition) is 1. The normalized spacial score (nSPS) is 42.9. The molecule has 2 nitrogen and oxygen atoms in total. The van der Waals surface area contributed by atoms with Crippen molar-refractivity contribution in [2.24, 2.45) is 58.2 Å². The highest BCUT2D eigenvalue weighted by atomic mass is 16.4. The van der Waals surface area contributed by atoms with E-state index in [1.54, 1.807) is 0 Å². The fourth-order valence-corrected chi connectivity index (χ4v) is 9.99. The topological polar surface area (TPSA) is 37.3 Å². The summed E-state index contributed by atoms with van der Waals surface area (Å²) in [6, 6.07) is 0. The number of carboxylic acids is 1. The van der Waals surface area contributed by atoms with Crippen molar-refractivity contribution in [3.05, 3.63) is 12.2 Å². The average Bonchev–Trinajstić information content (AvgIpc) is 3.13. The Morgan fingerprint density at radius 3 is 2.41 bits per heavy atom. The standard InChI is InChI=1S/C32H54O2/c1-22(2)9-8-10-23(3)27-15-16-28-26-14-13-25-21-24(11-6-7-12-30(33)34)17-19-31(25,4)29(26)18-20-32(27,28)5/h6,11,22-29H,7-10,12-21H2,1-5H3,(H,33,34)/t23-,24+,25+,26?,27?,28?,29?,31+,32-/m1/s1.